The van der Waals surface area contributed by atoms with Gasteiger partial charge >= 0.3 is 0 Å². The number of fused-ring (bicyclic) bond motifs is 3. The first-order chi connectivity index (χ1) is 17.7. The number of hydrogen-bond acceptors (Lipinski definition) is 8. The van der Waals surface area contributed by atoms with Gasteiger partial charge in [0.25, 0.3) is 0 Å². The minimum absolute atomic E-state index is 0.0138. The van der Waals surface area contributed by atoms with Crippen molar-refractivity contribution in [3.63, 3.8) is 0 Å². The Morgan fingerprint density at radius 3 is 2.76 bits per heavy atom. The van der Waals surface area contributed by atoms with E-state index in [1.807, 2.05) is 43.3 Å². The number of pyridine rings is 1. The Balaban J connectivity index is 1.30. The lowest BCUT2D eigenvalue weighted by Crippen LogP contribution is -2.21. The Labute approximate surface area is 213 Å². The van der Waals surface area contributed by atoms with E-state index in [0.29, 0.717) is 24.0 Å². The van der Waals surface area contributed by atoms with Gasteiger partial charge in [-0.2, -0.15) is 5.10 Å². The third kappa shape index (κ3) is 3.69. The topological polar surface area (TPSA) is 135 Å². The summed E-state index contributed by atoms with van der Waals surface area (Å²) in [5, 5.41) is 14.4. The molecule has 10 nitrogen and oxygen atoms in total. The van der Waals surface area contributed by atoms with Crippen LogP contribution >= 0.6 is 0 Å². The highest BCUT2D eigenvalue weighted by Crippen LogP contribution is 2.65. The maximum Gasteiger partial charge on any atom is 0.235 e. The molecule has 2 aromatic carbocycles. The average molecular weight is 520 g/mol. The van der Waals surface area contributed by atoms with Crippen LogP contribution in [0.3, 0.4) is 0 Å². The van der Waals surface area contributed by atoms with E-state index in [2.05, 4.69) is 25.8 Å². The Bertz CT molecular complexity index is 1680. The number of anilines is 3. The summed E-state index contributed by atoms with van der Waals surface area (Å²) < 4.78 is 34.9. The number of carbonyl (C=O) groups is 1. The molecule has 3 N–H and O–H groups in total. The summed E-state index contributed by atoms with van der Waals surface area (Å²) in [6, 6.07) is 13.1. The van der Waals surface area contributed by atoms with Crippen LogP contribution in [0.25, 0.3) is 10.9 Å². The zero-order chi connectivity index (χ0) is 25.9. The van der Waals surface area contributed by atoms with Crippen molar-refractivity contribution in [2.75, 3.05) is 30.6 Å². The zero-order valence-electron chi connectivity index (χ0n) is 20.5. The van der Waals surface area contributed by atoms with Crippen molar-refractivity contribution in [1.29, 1.82) is 0 Å². The number of hydrogen-bond donors (Lipinski definition) is 3. The number of nitrogens with zero attached hydrogens (tertiary/aromatic N) is 2. The van der Waals surface area contributed by atoms with Gasteiger partial charge in [-0.1, -0.05) is 6.07 Å². The molecule has 1 amide bonds. The number of ether oxygens (including phenoxy) is 2. The van der Waals surface area contributed by atoms with Crippen LogP contribution in [0, 0.1) is 0 Å². The second-order valence-electron chi connectivity index (χ2n) is 9.32. The molecule has 0 bridgehead atoms. The highest BCUT2D eigenvalue weighted by molar-refractivity contribution is 7.90. The molecule has 1 fully saturated rings. The molecule has 1 saturated carbocycles. The van der Waals surface area contributed by atoms with Gasteiger partial charge in [0.15, 0.2) is 27.2 Å². The van der Waals surface area contributed by atoms with Crippen molar-refractivity contribution in [2.45, 2.75) is 29.6 Å². The van der Waals surface area contributed by atoms with Crippen molar-refractivity contribution < 1.29 is 22.7 Å². The molecule has 1 aliphatic carbocycles. The monoisotopic (exact) mass is 519 g/mol. The Morgan fingerprint density at radius 2 is 2.00 bits per heavy atom. The van der Waals surface area contributed by atoms with Gasteiger partial charge in [-0.05, 0) is 54.8 Å². The van der Waals surface area contributed by atoms with Gasteiger partial charge in [-0.25, -0.2) is 13.4 Å². The fraction of sp³-hybridized carbons (Fsp3) is 0.269. The number of H-pyrrole nitrogens is 1. The number of methoxy groups -OCH3 is 1. The minimum atomic E-state index is -3.43. The number of benzene rings is 2. The molecule has 2 atom stereocenters. The van der Waals surface area contributed by atoms with Crippen LogP contribution in [-0.4, -0.2) is 49.5 Å². The van der Waals surface area contributed by atoms with E-state index < -0.39 is 15.3 Å². The normalized spacial score (nSPS) is 20.1. The quantitative estimate of drug-likeness (QED) is 0.335. The number of nitrogens with one attached hydrogen (secondary N) is 3. The zero-order valence-corrected chi connectivity index (χ0v) is 21.3. The van der Waals surface area contributed by atoms with E-state index >= 15 is 0 Å². The maximum absolute atomic E-state index is 13.0. The highest BCUT2D eigenvalue weighted by atomic mass is 32.2. The summed E-state index contributed by atoms with van der Waals surface area (Å²) in [5.41, 5.74) is 3.06. The fourth-order valence-electron chi connectivity index (χ4n) is 5.15. The van der Waals surface area contributed by atoms with Crippen molar-refractivity contribution in [3.05, 3.63) is 59.8 Å². The van der Waals surface area contributed by atoms with E-state index in [0.717, 1.165) is 46.1 Å². The van der Waals surface area contributed by atoms with E-state index in [1.165, 1.54) is 12.3 Å². The first kappa shape index (κ1) is 23.3. The van der Waals surface area contributed by atoms with Crippen LogP contribution < -0.4 is 20.1 Å². The fourth-order valence-corrected chi connectivity index (χ4v) is 5.71. The summed E-state index contributed by atoms with van der Waals surface area (Å²) in [7, 11) is -1.81. The molecule has 3 heterocycles. The predicted octanol–water partition coefficient (Wildman–Crippen LogP) is 3.89. The molecule has 6 rings (SSSR count). The molecule has 1 aliphatic heterocycles. The number of carbonyl (C=O) groups excluding carboxylic acids is 1. The van der Waals surface area contributed by atoms with Crippen molar-refractivity contribution in [1.82, 2.24) is 15.2 Å². The average Bonchev–Trinajstić information content (AvgIpc) is 3.43. The van der Waals surface area contributed by atoms with E-state index in [1.54, 1.807) is 7.11 Å². The Hall–Kier alpha value is -4.12. The van der Waals surface area contributed by atoms with E-state index in [-0.39, 0.29) is 16.7 Å². The second-order valence-corrected chi connectivity index (χ2v) is 11.3. The first-order valence-electron chi connectivity index (χ1n) is 11.8. The molecule has 37 heavy (non-hydrogen) atoms. The number of sulfone groups is 1. The number of aromatic amines is 1. The van der Waals surface area contributed by atoms with Crippen LogP contribution in [0.5, 0.6) is 11.5 Å². The molecule has 11 heteroatoms. The molecular weight excluding hydrogens is 494 g/mol. The lowest BCUT2D eigenvalue weighted by atomic mass is 9.91. The van der Waals surface area contributed by atoms with Gasteiger partial charge in [0.05, 0.1) is 29.5 Å². The molecule has 0 saturated heterocycles. The third-order valence-corrected chi connectivity index (χ3v) is 8.18. The Morgan fingerprint density at radius 1 is 1.16 bits per heavy atom. The molecular formula is C26H25N5O5S. The smallest absolute Gasteiger partial charge is 0.235 e. The summed E-state index contributed by atoms with van der Waals surface area (Å²) in [4.78, 5) is 17.3. The number of rotatable bonds is 7. The standard InChI is InChI=1S/C26H25N5O5S/c1-4-36-22-11-16(37(3,33)34)13-27-24(22)29-23-17-7-5-14(9-21(17)30-31-23)19-12-26(19)18-10-15(35-2)6-8-20(18)28-25(26)32/h5-11,13,19H,4,12H2,1-3H3,(H,28,32)(H2,27,29,30,31)/t19-,26-/m0/s1. The lowest BCUT2D eigenvalue weighted by Gasteiger charge is -2.12. The molecule has 0 unspecified atom stereocenters. The molecule has 0 radical (unpaired) electrons. The van der Waals surface area contributed by atoms with Gasteiger partial charge in [0.2, 0.25) is 5.91 Å². The second kappa shape index (κ2) is 8.20. The number of amides is 1. The molecule has 2 aliphatic rings. The van der Waals surface area contributed by atoms with Crippen molar-refractivity contribution >= 4 is 44.0 Å². The summed E-state index contributed by atoms with van der Waals surface area (Å²) in [6.45, 7) is 2.16. The summed E-state index contributed by atoms with van der Waals surface area (Å²) in [6.07, 6.45) is 3.14. The van der Waals surface area contributed by atoms with Crippen LogP contribution in [0.1, 0.15) is 30.4 Å². The minimum Gasteiger partial charge on any atom is -0.497 e. The number of aromatic nitrogens is 3. The molecule has 4 aromatic rings. The SMILES string of the molecule is CCOc1cc(S(C)(=O)=O)cnc1Nc1n[nH]c2cc([C@@H]3C[C@@]34C(=O)Nc3ccc(OC)cc34)ccc12. The summed E-state index contributed by atoms with van der Waals surface area (Å²) in [5.74, 6) is 1.99. The van der Waals surface area contributed by atoms with Gasteiger partial charge < -0.3 is 20.1 Å². The van der Waals surface area contributed by atoms with Crippen LogP contribution in [0.2, 0.25) is 0 Å². The molecule has 1 spiro atoms. The van der Waals surface area contributed by atoms with Crippen molar-refractivity contribution in [2.24, 2.45) is 0 Å². The van der Waals surface area contributed by atoms with Crippen molar-refractivity contribution in [3.8, 4) is 11.5 Å². The van der Waals surface area contributed by atoms with Gasteiger partial charge in [0, 0.05) is 35.5 Å². The maximum atomic E-state index is 13.0. The van der Waals surface area contributed by atoms with Crippen LogP contribution in [-0.2, 0) is 20.0 Å². The van der Waals surface area contributed by atoms with Gasteiger partial charge in [-0.15, -0.1) is 0 Å². The lowest BCUT2D eigenvalue weighted by molar-refractivity contribution is -0.118. The van der Waals surface area contributed by atoms with E-state index in [9.17, 15) is 13.2 Å². The van der Waals surface area contributed by atoms with Crippen LogP contribution in [0.4, 0.5) is 17.3 Å². The first-order valence-corrected chi connectivity index (χ1v) is 13.7. The van der Waals surface area contributed by atoms with E-state index in [4.69, 9.17) is 9.47 Å². The van der Waals surface area contributed by atoms with Gasteiger partial charge in [0.1, 0.15) is 5.75 Å². The third-order valence-electron chi connectivity index (χ3n) is 7.10. The van der Waals surface area contributed by atoms with Gasteiger partial charge in [-0.3, -0.25) is 9.89 Å². The Kier molecular flexibility index (Phi) is 5.16. The summed E-state index contributed by atoms with van der Waals surface area (Å²) >= 11 is 0. The predicted molar refractivity (Wildman–Crippen MR) is 139 cm³/mol. The van der Waals surface area contributed by atoms with Crippen LogP contribution in [0.15, 0.2) is 53.6 Å². The molecule has 190 valence electrons. The molecule has 2 aromatic heterocycles. The largest absolute Gasteiger partial charge is 0.497 e. The highest BCUT2D eigenvalue weighted by Gasteiger charge is 2.65.